The average molecular weight is 1100 g/mol. The number of hydrogen-bond acceptors (Lipinski definition) is 13. The molecule has 0 aromatic heterocycles. The number of carbonyl (C=O) groups excluding carboxylic acids is 7. The number of urea groups is 1. The lowest BCUT2D eigenvalue weighted by Gasteiger charge is -2.27. The zero-order chi connectivity index (χ0) is 54.9. The number of nitrogen functional groups attached to an aromatic ring is 1. The fourth-order valence-corrected chi connectivity index (χ4v) is 9.17. The normalized spacial score (nSPS) is 15.5. The summed E-state index contributed by atoms with van der Waals surface area (Å²) in [6.07, 6.45) is -1.53. The van der Waals surface area contributed by atoms with Gasteiger partial charge in [0.05, 0.1) is 41.7 Å². The van der Waals surface area contributed by atoms with E-state index >= 15 is 4.39 Å². The Kier molecular flexibility index (Phi) is 19.2. The predicted octanol–water partition coefficient (Wildman–Crippen LogP) is 7.87. The standard InChI is InChI=1S/C27H30ClFN6O5S.C22H24ClFN4O4S/c1-26(2,3)40-25(39)31-19-13-41-21-11-18(29)17(22(36)33-34-24(38)32-27(4,5)14-30)10-20(21)35(23(19)37)12-15-6-8-16(28)9-7-15;1-22(2,3)32-21(31)26-16-11-33-18-9-15(24)14(19(29)27-25)8-17(18)28(20(16)30)10-12-4-6-13(23)7-5-12/h6-11,19H,12-13H2,1-5H3,(H,31,39)(H,33,36)(H2,32,34,38);4-9,16H,10-11,25H2,1-3H3,(H,26,31)(H,27,29)/t19-;16-/m00/s1. The third kappa shape index (κ3) is 16.3. The van der Waals surface area contributed by atoms with Crippen LogP contribution in [0.2, 0.25) is 10.0 Å². The minimum absolute atomic E-state index is 0.0205. The minimum atomic E-state index is -1.21. The molecule has 0 fully saturated rings. The Labute approximate surface area is 444 Å². The van der Waals surface area contributed by atoms with E-state index in [1.54, 1.807) is 90.1 Å². The van der Waals surface area contributed by atoms with Gasteiger partial charge >= 0.3 is 18.2 Å². The summed E-state index contributed by atoms with van der Waals surface area (Å²) >= 11 is 14.3. The van der Waals surface area contributed by atoms with E-state index in [1.807, 2.05) is 11.5 Å². The van der Waals surface area contributed by atoms with E-state index in [9.17, 15) is 38.0 Å². The highest BCUT2D eigenvalue weighted by atomic mass is 35.5. The maximum absolute atomic E-state index is 15.1. The second-order valence-corrected chi connectivity index (χ2v) is 22.0. The zero-order valence-electron chi connectivity index (χ0n) is 41.3. The van der Waals surface area contributed by atoms with Crippen molar-refractivity contribution in [3.05, 3.63) is 117 Å². The fourth-order valence-electron chi connectivity index (χ4n) is 6.77. The number of nitriles is 1. The van der Waals surface area contributed by atoms with Crippen LogP contribution in [0.5, 0.6) is 0 Å². The third-order valence-electron chi connectivity index (χ3n) is 10.1. The molecule has 0 bridgehead atoms. The Morgan fingerprint density at radius 2 is 1.07 bits per heavy atom. The lowest BCUT2D eigenvalue weighted by atomic mass is 10.1. The van der Waals surface area contributed by atoms with Gasteiger partial charge in [0.25, 0.3) is 23.6 Å². The van der Waals surface area contributed by atoms with Gasteiger partial charge in [0.15, 0.2) is 0 Å². The molecule has 8 N–H and O–H groups in total. The number of ether oxygens (including phenoxy) is 2. The Morgan fingerprint density at radius 1 is 0.676 bits per heavy atom. The van der Waals surface area contributed by atoms with Gasteiger partial charge in [0, 0.05) is 31.3 Å². The number of halogens is 4. The SMILES string of the molecule is CC(C)(C#N)NC(=O)NNC(=O)c1cc2c(cc1F)SC[C@H](NC(=O)OC(C)(C)C)C(=O)N2Cc1ccc(Cl)cc1.CC(C)(C)OC(=O)N[C@H]1CSc2cc(F)c(C(=O)NN)cc2N(Cc2ccc(Cl)cc2)C1=O. The summed E-state index contributed by atoms with van der Waals surface area (Å²) in [6, 6.07) is 17.4. The van der Waals surface area contributed by atoms with Crippen molar-refractivity contribution in [1.29, 1.82) is 5.26 Å². The topological polar surface area (TPSA) is 266 Å². The molecule has 394 valence electrons. The molecular weight excluding hydrogens is 1050 g/mol. The highest BCUT2D eigenvalue weighted by Gasteiger charge is 2.37. The molecule has 6 rings (SSSR count). The van der Waals surface area contributed by atoms with E-state index < -0.39 is 87.9 Å². The van der Waals surface area contributed by atoms with Gasteiger partial charge in [0.1, 0.15) is 40.5 Å². The van der Waals surface area contributed by atoms with Gasteiger partial charge in [-0.2, -0.15) is 5.26 Å². The number of rotatable bonds is 9. The molecular formula is C49H54Cl2F2N10O9S2. The highest BCUT2D eigenvalue weighted by molar-refractivity contribution is 7.99. The van der Waals surface area contributed by atoms with Crippen molar-refractivity contribution >= 4 is 99.9 Å². The van der Waals surface area contributed by atoms with Gasteiger partial charge < -0.3 is 35.2 Å². The zero-order valence-corrected chi connectivity index (χ0v) is 44.5. The first-order chi connectivity index (χ1) is 34.6. The monoisotopic (exact) mass is 1100 g/mol. The van der Waals surface area contributed by atoms with Crippen LogP contribution in [0, 0.1) is 23.0 Å². The van der Waals surface area contributed by atoms with Crippen LogP contribution in [-0.4, -0.2) is 82.2 Å². The van der Waals surface area contributed by atoms with Gasteiger partial charge in [-0.3, -0.25) is 30.0 Å². The third-order valence-corrected chi connectivity index (χ3v) is 12.9. The summed E-state index contributed by atoms with van der Waals surface area (Å²) in [4.78, 5) is 92.6. The van der Waals surface area contributed by atoms with Crippen LogP contribution in [0.1, 0.15) is 87.2 Å². The number of benzene rings is 4. The molecule has 0 saturated carbocycles. The molecule has 4 aromatic rings. The molecule has 0 spiro atoms. The van der Waals surface area contributed by atoms with Crippen molar-refractivity contribution in [3.63, 3.8) is 0 Å². The minimum Gasteiger partial charge on any atom is -0.444 e. The van der Waals surface area contributed by atoms with Crippen molar-refractivity contribution in [1.82, 2.24) is 32.2 Å². The van der Waals surface area contributed by atoms with Gasteiger partial charge in [-0.15, -0.1) is 23.5 Å². The molecule has 0 radical (unpaired) electrons. The Bertz CT molecular complexity index is 2840. The summed E-state index contributed by atoms with van der Waals surface area (Å²) in [7, 11) is 0. The second-order valence-electron chi connectivity index (χ2n) is 19.0. The summed E-state index contributed by atoms with van der Waals surface area (Å²) in [5.74, 6) is 0.957. The second kappa shape index (κ2) is 24.5. The number of amides is 8. The number of hydrazine groups is 2. The van der Waals surface area contributed by atoms with Crippen LogP contribution < -0.4 is 47.9 Å². The Morgan fingerprint density at radius 3 is 1.43 bits per heavy atom. The molecule has 2 heterocycles. The first kappa shape index (κ1) is 58.1. The van der Waals surface area contributed by atoms with Crippen LogP contribution in [-0.2, 0) is 32.2 Å². The van der Waals surface area contributed by atoms with Crippen LogP contribution in [0.3, 0.4) is 0 Å². The maximum Gasteiger partial charge on any atom is 0.408 e. The predicted molar refractivity (Wildman–Crippen MR) is 276 cm³/mol. The lowest BCUT2D eigenvalue weighted by Crippen LogP contribution is -2.53. The number of alkyl carbamates (subject to hydrolysis) is 2. The molecule has 8 amide bonds. The molecule has 2 aliphatic heterocycles. The van der Waals surface area contributed by atoms with Crippen LogP contribution in [0.4, 0.5) is 34.5 Å². The van der Waals surface area contributed by atoms with Gasteiger partial charge in [-0.25, -0.2) is 34.4 Å². The average Bonchev–Trinajstić information content (AvgIpc) is 3.50. The molecule has 0 aliphatic carbocycles. The van der Waals surface area contributed by atoms with E-state index in [1.165, 1.54) is 53.6 Å². The summed E-state index contributed by atoms with van der Waals surface area (Å²) in [5, 5.41) is 17.6. The number of thioether (sulfide) groups is 2. The van der Waals surface area contributed by atoms with E-state index in [2.05, 4.69) is 26.8 Å². The Balaban J connectivity index is 0.000000280. The summed E-state index contributed by atoms with van der Waals surface area (Å²) in [5.41, 5.74) is 4.56. The number of nitrogens with two attached hydrogens (primary N) is 1. The smallest absolute Gasteiger partial charge is 0.408 e. The lowest BCUT2D eigenvalue weighted by molar-refractivity contribution is -0.120. The maximum atomic E-state index is 15.1. The van der Waals surface area contributed by atoms with E-state index in [-0.39, 0.29) is 35.8 Å². The number of hydrogen-bond donors (Lipinski definition) is 7. The van der Waals surface area contributed by atoms with E-state index in [0.29, 0.717) is 31.1 Å². The number of fused-ring (bicyclic) bond motifs is 2. The first-order valence-corrected chi connectivity index (χ1v) is 25.1. The molecule has 74 heavy (non-hydrogen) atoms. The van der Waals surface area contributed by atoms with Gasteiger partial charge in [-0.05, 0) is 115 Å². The number of carbonyl (C=O) groups is 7. The molecule has 2 atom stereocenters. The van der Waals surface area contributed by atoms with Crippen molar-refractivity contribution in [2.45, 2.75) is 107 Å². The van der Waals surface area contributed by atoms with E-state index in [4.69, 9.17) is 43.8 Å². The number of anilines is 2. The molecule has 4 aromatic carbocycles. The highest BCUT2D eigenvalue weighted by Crippen LogP contribution is 2.39. The Hall–Kier alpha value is -6.84. The van der Waals surface area contributed by atoms with Gasteiger partial charge in [0.2, 0.25) is 0 Å². The quantitative estimate of drug-likeness (QED) is 0.0478. The molecule has 2 aliphatic rings. The summed E-state index contributed by atoms with van der Waals surface area (Å²) < 4.78 is 40.3. The van der Waals surface area contributed by atoms with Crippen molar-refractivity contribution < 1.29 is 51.8 Å². The fraction of sp³-hybridized carbons (Fsp3) is 0.347. The van der Waals surface area contributed by atoms with Crippen molar-refractivity contribution in [2.75, 3.05) is 21.3 Å². The molecule has 19 nitrogen and oxygen atoms in total. The first-order valence-electron chi connectivity index (χ1n) is 22.4. The largest absolute Gasteiger partial charge is 0.444 e. The van der Waals surface area contributed by atoms with Crippen LogP contribution >= 0.6 is 46.7 Å². The number of nitrogens with zero attached hydrogens (tertiary/aromatic N) is 3. The van der Waals surface area contributed by atoms with Crippen molar-refractivity contribution in [2.24, 2.45) is 5.84 Å². The number of nitrogens with one attached hydrogen (secondary N) is 6. The van der Waals surface area contributed by atoms with Gasteiger partial charge in [-0.1, -0.05) is 47.5 Å². The molecule has 0 unspecified atom stereocenters. The summed E-state index contributed by atoms with van der Waals surface area (Å²) in [6.45, 7) is 13.2. The van der Waals surface area contributed by atoms with E-state index in [0.717, 1.165) is 23.4 Å². The molecule has 0 saturated heterocycles. The van der Waals surface area contributed by atoms with Crippen LogP contribution in [0.15, 0.2) is 82.6 Å². The van der Waals surface area contributed by atoms with Crippen molar-refractivity contribution in [3.8, 4) is 6.07 Å². The molecule has 25 heteroatoms. The van der Waals surface area contributed by atoms with Crippen LogP contribution in [0.25, 0.3) is 0 Å².